The monoisotopic (exact) mass is 217 g/mol. The Morgan fingerprint density at radius 3 is 2.75 bits per heavy atom. The highest BCUT2D eigenvalue weighted by molar-refractivity contribution is 5.86. The lowest BCUT2D eigenvalue weighted by Gasteiger charge is -2.09. The number of aryl methyl sites for hydroxylation is 2. The second-order valence-electron chi connectivity index (χ2n) is 4.46. The van der Waals surface area contributed by atoms with E-state index in [4.69, 9.17) is 0 Å². The van der Waals surface area contributed by atoms with Crippen molar-refractivity contribution in [2.45, 2.75) is 39.8 Å². The normalized spacial score (nSPS) is 13.2. The molecule has 1 heterocycles. The molecule has 2 heteroatoms. The minimum absolute atomic E-state index is 0.286. The molecule has 0 radical (unpaired) electrons. The Labute approximate surface area is 96.5 Å². The van der Waals surface area contributed by atoms with Crippen molar-refractivity contribution in [1.82, 2.24) is 4.57 Å². The van der Waals surface area contributed by atoms with Gasteiger partial charge in [-0.25, -0.2) is 0 Å². The molecule has 0 amide bonds. The Morgan fingerprint density at radius 1 is 1.38 bits per heavy atom. The van der Waals surface area contributed by atoms with E-state index in [9.17, 15) is 5.11 Å². The molecule has 0 aliphatic rings. The molecule has 0 fully saturated rings. The third-order valence-corrected chi connectivity index (χ3v) is 3.04. The van der Waals surface area contributed by atoms with Crippen LogP contribution in [0.5, 0.6) is 0 Å². The number of aliphatic hydroxyl groups is 1. The highest BCUT2D eigenvalue weighted by Crippen LogP contribution is 2.25. The van der Waals surface area contributed by atoms with E-state index in [0.29, 0.717) is 0 Å². The Kier molecular flexibility index (Phi) is 3.01. The van der Waals surface area contributed by atoms with Crippen LogP contribution < -0.4 is 0 Å². The van der Waals surface area contributed by atoms with Crippen molar-refractivity contribution in [1.29, 1.82) is 0 Å². The molecule has 1 atom stereocenters. The summed E-state index contributed by atoms with van der Waals surface area (Å²) in [5, 5.41) is 10.8. The van der Waals surface area contributed by atoms with Gasteiger partial charge in [0.15, 0.2) is 0 Å². The van der Waals surface area contributed by atoms with Crippen LogP contribution in [-0.2, 0) is 13.0 Å². The number of hydrogen-bond acceptors (Lipinski definition) is 1. The summed E-state index contributed by atoms with van der Waals surface area (Å²) in [5.41, 5.74) is 3.83. The van der Waals surface area contributed by atoms with Crippen molar-refractivity contribution in [2.75, 3.05) is 0 Å². The van der Waals surface area contributed by atoms with Gasteiger partial charge < -0.3 is 9.67 Å². The van der Waals surface area contributed by atoms with Gasteiger partial charge in [0, 0.05) is 24.5 Å². The van der Waals surface area contributed by atoms with E-state index in [1.54, 1.807) is 0 Å². The highest BCUT2D eigenvalue weighted by Gasteiger charge is 2.10. The first-order valence-corrected chi connectivity index (χ1v) is 5.89. The average molecular weight is 217 g/mol. The summed E-state index contributed by atoms with van der Waals surface area (Å²) in [7, 11) is 0. The molecule has 2 rings (SSSR count). The van der Waals surface area contributed by atoms with Crippen molar-refractivity contribution in [2.24, 2.45) is 0 Å². The third kappa shape index (κ3) is 1.85. The molecule has 0 spiro atoms. The first-order valence-electron chi connectivity index (χ1n) is 5.89. The van der Waals surface area contributed by atoms with Crippen molar-refractivity contribution in [3.05, 3.63) is 35.5 Å². The van der Waals surface area contributed by atoms with Crippen LogP contribution in [0.4, 0.5) is 0 Å². The van der Waals surface area contributed by atoms with Crippen molar-refractivity contribution >= 4 is 10.9 Å². The fourth-order valence-corrected chi connectivity index (χ4v) is 2.35. The Hall–Kier alpha value is -1.28. The molecule has 0 bridgehead atoms. The molecule has 1 aromatic heterocycles. The SMILES string of the molecule is CCn1cc(C)c2cccc(CC(C)O)c21. The Balaban J connectivity index is 2.64. The van der Waals surface area contributed by atoms with Gasteiger partial charge in [0.25, 0.3) is 0 Å². The smallest absolute Gasteiger partial charge is 0.0553 e. The number of nitrogens with zero attached hydrogens (tertiary/aromatic N) is 1. The molecule has 86 valence electrons. The van der Waals surface area contributed by atoms with Gasteiger partial charge >= 0.3 is 0 Å². The standard InChI is InChI=1S/C14H19NO/c1-4-15-9-10(2)13-7-5-6-12(14(13)15)8-11(3)16/h5-7,9,11,16H,4,8H2,1-3H3. The Morgan fingerprint density at radius 2 is 2.12 bits per heavy atom. The van der Waals surface area contributed by atoms with Crippen LogP contribution in [0.25, 0.3) is 10.9 Å². The van der Waals surface area contributed by atoms with Crippen molar-refractivity contribution < 1.29 is 5.11 Å². The van der Waals surface area contributed by atoms with E-state index in [-0.39, 0.29) is 6.10 Å². The predicted octanol–water partition coefficient (Wildman–Crippen LogP) is 2.89. The highest BCUT2D eigenvalue weighted by atomic mass is 16.3. The topological polar surface area (TPSA) is 25.2 Å². The lowest BCUT2D eigenvalue weighted by molar-refractivity contribution is 0.196. The lowest BCUT2D eigenvalue weighted by Crippen LogP contribution is -2.06. The third-order valence-electron chi connectivity index (χ3n) is 3.04. The second kappa shape index (κ2) is 4.30. The largest absolute Gasteiger partial charge is 0.393 e. The summed E-state index contributed by atoms with van der Waals surface area (Å²) in [5.74, 6) is 0. The van der Waals surface area contributed by atoms with Crippen LogP contribution in [0.15, 0.2) is 24.4 Å². The van der Waals surface area contributed by atoms with E-state index < -0.39 is 0 Å². The van der Waals surface area contributed by atoms with E-state index in [1.807, 2.05) is 6.92 Å². The molecule has 0 saturated carbocycles. The van der Waals surface area contributed by atoms with Gasteiger partial charge in [0.2, 0.25) is 0 Å². The molecule has 0 aliphatic heterocycles. The average Bonchev–Trinajstić information content (AvgIpc) is 2.56. The van der Waals surface area contributed by atoms with Crippen LogP contribution >= 0.6 is 0 Å². The minimum Gasteiger partial charge on any atom is -0.393 e. The van der Waals surface area contributed by atoms with Crippen LogP contribution in [0.3, 0.4) is 0 Å². The molecule has 1 N–H and O–H groups in total. The summed E-state index contributed by atoms with van der Waals surface area (Å²) in [6.07, 6.45) is 2.63. The van der Waals surface area contributed by atoms with Crippen LogP contribution in [0, 0.1) is 6.92 Å². The summed E-state index contributed by atoms with van der Waals surface area (Å²) in [4.78, 5) is 0. The number of benzene rings is 1. The maximum atomic E-state index is 9.53. The molecule has 2 aromatic rings. The molecule has 0 aliphatic carbocycles. The molecular weight excluding hydrogens is 198 g/mol. The lowest BCUT2D eigenvalue weighted by atomic mass is 10.0. The minimum atomic E-state index is -0.286. The number of hydrogen-bond donors (Lipinski definition) is 1. The van der Waals surface area contributed by atoms with E-state index >= 15 is 0 Å². The van der Waals surface area contributed by atoms with Crippen LogP contribution in [-0.4, -0.2) is 15.8 Å². The Bertz CT molecular complexity index is 497. The zero-order chi connectivity index (χ0) is 11.7. The maximum absolute atomic E-state index is 9.53. The number of aliphatic hydroxyl groups excluding tert-OH is 1. The molecule has 2 nitrogen and oxygen atoms in total. The van der Waals surface area contributed by atoms with Gasteiger partial charge in [-0.1, -0.05) is 18.2 Å². The van der Waals surface area contributed by atoms with E-state index in [2.05, 4.69) is 42.8 Å². The maximum Gasteiger partial charge on any atom is 0.0553 e. The van der Waals surface area contributed by atoms with Gasteiger partial charge in [-0.2, -0.15) is 0 Å². The molecule has 1 unspecified atom stereocenters. The molecule has 16 heavy (non-hydrogen) atoms. The number of fused-ring (bicyclic) bond motifs is 1. The summed E-state index contributed by atoms with van der Waals surface area (Å²) in [6, 6.07) is 6.34. The van der Waals surface area contributed by atoms with E-state index in [0.717, 1.165) is 13.0 Å². The quantitative estimate of drug-likeness (QED) is 0.840. The fraction of sp³-hybridized carbons (Fsp3) is 0.429. The number of rotatable bonds is 3. The molecular formula is C14H19NO. The second-order valence-corrected chi connectivity index (χ2v) is 4.46. The van der Waals surface area contributed by atoms with Crippen LogP contribution in [0.2, 0.25) is 0 Å². The summed E-state index contributed by atoms with van der Waals surface area (Å²) in [6.45, 7) is 7.10. The van der Waals surface area contributed by atoms with Gasteiger partial charge in [-0.15, -0.1) is 0 Å². The van der Waals surface area contributed by atoms with E-state index in [1.165, 1.54) is 22.0 Å². The van der Waals surface area contributed by atoms with Crippen LogP contribution in [0.1, 0.15) is 25.0 Å². The van der Waals surface area contributed by atoms with Crippen molar-refractivity contribution in [3.8, 4) is 0 Å². The van der Waals surface area contributed by atoms with Gasteiger partial charge in [0.1, 0.15) is 0 Å². The van der Waals surface area contributed by atoms with Gasteiger partial charge in [-0.05, 0) is 31.9 Å². The zero-order valence-corrected chi connectivity index (χ0v) is 10.2. The zero-order valence-electron chi connectivity index (χ0n) is 10.2. The van der Waals surface area contributed by atoms with Gasteiger partial charge in [-0.3, -0.25) is 0 Å². The molecule has 1 aromatic carbocycles. The summed E-state index contributed by atoms with van der Waals surface area (Å²) < 4.78 is 2.27. The van der Waals surface area contributed by atoms with Crippen molar-refractivity contribution in [3.63, 3.8) is 0 Å². The summed E-state index contributed by atoms with van der Waals surface area (Å²) >= 11 is 0. The number of aromatic nitrogens is 1. The fourth-order valence-electron chi connectivity index (χ4n) is 2.35. The predicted molar refractivity (Wildman–Crippen MR) is 67.7 cm³/mol. The number of para-hydroxylation sites is 1. The van der Waals surface area contributed by atoms with Gasteiger partial charge in [0.05, 0.1) is 11.6 Å². The first kappa shape index (κ1) is 11.2. The first-order chi connectivity index (χ1) is 7.63. The molecule has 0 saturated heterocycles.